The lowest BCUT2D eigenvalue weighted by molar-refractivity contribution is 0.506. The fourth-order valence-corrected chi connectivity index (χ4v) is 2.51. The lowest BCUT2D eigenvalue weighted by Gasteiger charge is -2.01. The average Bonchev–Trinajstić information content (AvgIpc) is 2.91. The lowest BCUT2D eigenvalue weighted by atomic mass is 10.2. The number of furan rings is 1. The molecule has 0 radical (unpaired) electrons. The Balaban J connectivity index is 1.88. The van der Waals surface area contributed by atoms with Crippen molar-refractivity contribution in [1.82, 2.24) is 4.72 Å². The molecule has 1 heterocycles. The molecule has 0 aliphatic carbocycles. The van der Waals surface area contributed by atoms with Crippen LogP contribution >= 0.6 is 11.6 Å². The summed E-state index contributed by atoms with van der Waals surface area (Å²) in [4.78, 5) is 0. The summed E-state index contributed by atoms with van der Waals surface area (Å²) in [6, 6.07) is 10.5. The second-order valence-corrected chi connectivity index (χ2v) is 6.21. The van der Waals surface area contributed by atoms with E-state index in [0.29, 0.717) is 18.0 Å². The fourth-order valence-electron chi connectivity index (χ4n) is 1.56. The summed E-state index contributed by atoms with van der Waals surface area (Å²) < 4.78 is 31.1. The molecule has 0 amide bonds. The molecule has 0 atom stereocenters. The zero-order valence-electron chi connectivity index (χ0n) is 10.6. The van der Waals surface area contributed by atoms with Crippen LogP contribution in [-0.4, -0.2) is 15.0 Å². The largest absolute Gasteiger partial charge is 0.469 e. The Hall–Kier alpha value is -1.56. The molecule has 106 valence electrons. The number of benzene rings is 1. The average molecular weight is 312 g/mol. The lowest BCUT2D eigenvalue weighted by Crippen LogP contribution is -2.23. The Morgan fingerprint density at radius 1 is 1.20 bits per heavy atom. The van der Waals surface area contributed by atoms with Gasteiger partial charge in [0.1, 0.15) is 5.76 Å². The van der Waals surface area contributed by atoms with Gasteiger partial charge in [-0.15, -0.1) is 0 Å². The topological polar surface area (TPSA) is 59.3 Å². The molecule has 0 spiro atoms. The Kier molecular flexibility index (Phi) is 5.00. The van der Waals surface area contributed by atoms with E-state index in [1.54, 1.807) is 42.7 Å². The van der Waals surface area contributed by atoms with Crippen LogP contribution in [0.15, 0.2) is 52.5 Å². The number of halogens is 1. The normalized spacial score (nSPS) is 12.1. The Bertz CT molecular complexity index is 661. The number of sulfonamides is 1. The monoisotopic (exact) mass is 311 g/mol. The maximum atomic E-state index is 11.7. The van der Waals surface area contributed by atoms with Gasteiger partial charge in [0.15, 0.2) is 0 Å². The highest BCUT2D eigenvalue weighted by Gasteiger charge is 2.05. The fraction of sp³-hybridized carbons (Fsp3) is 0.143. The summed E-state index contributed by atoms with van der Waals surface area (Å²) in [5, 5.41) is 1.75. The number of hydrogen-bond acceptors (Lipinski definition) is 3. The van der Waals surface area contributed by atoms with Gasteiger partial charge in [0.25, 0.3) is 0 Å². The minimum Gasteiger partial charge on any atom is -0.469 e. The molecule has 0 saturated heterocycles. The second kappa shape index (κ2) is 6.74. The van der Waals surface area contributed by atoms with Gasteiger partial charge in [-0.1, -0.05) is 23.7 Å². The Morgan fingerprint density at radius 2 is 1.95 bits per heavy atom. The summed E-state index contributed by atoms with van der Waals surface area (Å²) in [7, 11) is -3.45. The van der Waals surface area contributed by atoms with E-state index >= 15 is 0 Å². The summed E-state index contributed by atoms with van der Waals surface area (Å²) in [5.74, 6) is 0.745. The molecule has 20 heavy (non-hydrogen) atoms. The van der Waals surface area contributed by atoms with E-state index in [1.165, 1.54) is 6.08 Å². The van der Waals surface area contributed by atoms with Crippen molar-refractivity contribution < 1.29 is 12.8 Å². The van der Waals surface area contributed by atoms with Crippen molar-refractivity contribution in [2.24, 2.45) is 0 Å². The van der Waals surface area contributed by atoms with Crippen LogP contribution < -0.4 is 4.72 Å². The first-order valence-corrected chi connectivity index (χ1v) is 7.93. The molecule has 1 aromatic heterocycles. The maximum absolute atomic E-state index is 11.7. The van der Waals surface area contributed by atoms with Crippen LogP contribution in [0.5, 0.6) is 0 Å². The smallest absolute Gasteiger partial charge is 0.233 e. The van der Waals surface area contributed by atoms with Crippen LogP contribution in [-0.2, 0) is 16.4 Å². The molecule has 1 N–H and O–H groups in total. The van der Waals surface area contributed by atoms with E-state index in [4.69, 9.17) is 16.0 Å². The van der Waals surface area contributed by atoms with Crippen molar-refractivity contribution in [2.75, 3.05) is 6.54 Å². The molecule has 0 unspecified atom stereocenters. The van der Waals surface area contributed by atoms with Gasteiger partial charge in [0.05, 0.1) is 6.26 Å². The third-order valence-corrected chi connectivity index (χ3v) is 3.92. The molecule has 0 aliphatic rings. The van der Waals surface area contributed by atoms with Crippen LogP contribution in [0.1, 0.15) is 11.3 Å². The Morgan fingerprint density at radius 3 is 2.60 bits per heavy atom. The third kappa shape index (κ3) is 4.85. The van der Waals surface area contributed by atoms with Gasteiger partial charge < -0.3 is 4.42 Å². The van der Waals surface area contributed by atoms with Crippen LogP contribution in [0, 0.1) is 0 Å². The molecule has 1 aromatic carbocycles. The highest BCUT2D eigenvalue weighted by atomic mass is 35.5. The van der Waals surface area contributed by atoms with Gasteiger partial charge in [0.2, 0.25) is 10.0 Å². The summed E-state index contributed by atoms with van der Waals surface area (Å²) in [5.41, 5.74) is 0.769. The van der Waals surface area contributed by atoms with Crippen LogP contribution in [0.25, 0.3) is 6.08 Å². The molecular weight excluding hydrogens is 298 g/mol. The molecule has 2 rings (SSSR count). The van der Waals surface area contributed by atoms with E-state index in [1.807, 2.05) is 0 Å². The molecule has 0 bridgehead atoms. The van der Waals surface area contributed by atoms with Gasteiger partial charge in [-0.25, -0.2) is 13.1 Å². The zero-order chi connectivity index (χ0) is 14.4. The van der Waals surface area contributed by atoms with E-state index in [2.05, 4.69) is 4.72 Å². The quantitative estimate of drug-likeness (QED) is 0.892. The number of rotatable bonds is 6. The molecule has 0 aliphatic heterocycles. The summed E-state index contributed by atoms with van der Waals surface area (Å²) >= 11 is 5.76. The van der Waals surface area contributed by atoms with Crippen molar-refractivity contribution in [3.63, 3.8) is 0 Å². The zero-order valence-corrected chi connectivity index (χ0v) is 12.2. The van der Waals surface area contributed by atoms with Crippen LogP contribution in [0.4, 0.5) is 0 Å². The van der Waals surface area contributed by atoms with Crippen molar-refractivity contribution >= 4 is 27.7 Å². The molecule has 0 saturated carbocycles. The van der Waals surface area contributed by atoms with Gasteiger partial charge in [-0.2, -0.15) is 0 Å². The van der Waals surface area contributed by atoms with Crippen molar-refractivity contribution in [1.29, 1.82) is 0 Å². The van der Waals surface area contributed by atoms with Gasteiger partial charge in [-0.05, 0) is 35.9 Å². The van der Waals surface area contributed by atoms with Crippen molar-refractivity contribution in [3.8, 4) is 0 Å². The maximum Gasteiger partial charge on any atom is 0.233 e. The van der Waals surface area contributed by atoms with E-state index in [-0.39, 0.29) is 0 Å². The molecule has 6 heteroatoms. The molecular formula is C14H14ClNO3S. The van der Waals surface area contributed by atoms with Gasteiger partial charge in [0, 0.05) is 23.4 Å². The molecule has 0 fully saturated rings. The third-order valence-electron chi connectivity index (χ3n) is 2.56. The van der Waals surface area contributed by atoms with Crippen LogP contribution in [0.2, 0.25) is 5.02 Å². The van der Waals surface area contributed by atoms with E-state index in [0.717, 1.165) is 16.7 Å². The van der Waals surface area contributed by atoms with Gasteiger partial charge in [-0.3, -0.25) is 0 Å². The summed E-state index contributed by atoms with van der Waals surface area (Å²) in [6.45, 7) is 0.292. The van der Waals surface area contributed by atoms with Crippen molar-refractivity contribution in [3.05, 3.63) is 64.4 Å². The highest BCUT2D eigenvalue weighted by molar-refractivity contribution is 7.92. The minimum atomic E-state index is -3.45. The highest BCUT2D eigenvalue weighted by Crippen LogP contribution is 2.11. The Labute approximate surface area is 123 Å². The first kappa shape index (κ1) is 14.8. The van der Waals surface area contributed by atoms with E-state index < -0.39 is 10.0 Å². The number of nitrogens with one attached hydrogen (secondary N) is 1. The van der Waals surface area contributed by atoms with Crippen LogP contribution in [0.3, 0.4) is 0 Å². The van der Waals surface area contributed by atoms with Gasteiger partial charge >= 0.3 is 0 Å². The minimum absolute atomic E-state index is 0.292. The molecule has 4 nitrogen and oxygen atoms in total. The number of hydrogen-bond donors (Lipinski definition) is 1. The van der Waals surface area contributed by atoms with E-state index in [9.17, 15) is 8.42 Å². The van der Waals surface area contributed by atoms with Crippen molar-refractivity contribution in [2.45, 2.75) is 6.42 Å². The summed E-state index contributed by atoms with van der Waals surface area (Å²) in [6.07, 6.45) is 3.59. The predicted molar refractivity (Wildman–Crippen MR) is 79.8 cm³/mol. The first-order chi connectivity index (χ1) is 9.55. The first-order valence-electron chi connectivity index (χ1n) is 6.01. The molecule has 2 aromatic rings. The second-order valence-electron chi connectivity index (χ2n) is 4.12. The SMILES string of the molecule is O=S(=O)(/C=C/c1ccc(Cl)cc1)NCCc1ccco1. The predicted octanol–water partition coefficient (Wildman–Crippen LogP) is 3.07. The standard InChI is InChI=1S/C14H14ClNO3S/c15-13-5-3-12(4-6-13)8-11-20(17,18)16-9-7-14-2-1-10-19-14/h1-6,8,10-11,16H,7,9H2/b11-8+.